The summed E-state index contributed by atoms with van der Waals surface area (Å²) < 4.78 is 1.18. The lowest BCUT2D eigenvalue weighted by molar-refractivity contribution is 0.622. The molecule has 15 heavy (non-hydrogen) atoms. The lowest BCUT2D eigenvalue weighted by Gasteiger charge is -2.03. The molecule has 78 valence electrons. The number of aromatic amines is 1. The summed E-state index contributed by atoms with van der Waals surface area (Å²) in [7, 11) is 0. The van der Waals surface area contributed by atoms with Gasteiger partial charge in [0.05, 0.1) is 5.52 Å². The van der Waals surface area contributed by atoms with Gasteiger partial charge in [-0.25, -0.2) is 9.78 Å². The Balaban J connectivity index is 2.85. The fourth-order valence-corrected chi connectivity index (χ4v) is 1.51. The van der Waals surface area contributed by atoms with Crippen molar-refractivity contribution >= 4 is 11.0 Å². The Labute approximate surface area is 85.4 Å². The Morgan fingerprint density at radius 1 is 1.47 bits per heavy atom. The molecule has 0 aromatic carbocycles. The quantitative estimate of drug-likeness (QED) is 0.776. The van der Waals surface area contributed by atoms with Crippen LogP contribution in [0.25, 0.3) is 11.0 Å². The summed E-state index contributed by atoms with van der Waals surface area (Å²) in [6.45, 7) is 2.33. The first-order valence-corrected chi connectivity index (χ1v) is 4.82. The van der Waals surface area contributed by atoms with Crippen molar-refractivity contribution in [3.05, 3.63) is 39.2 Å². The van der Waals surface area contributed by atoms with Gasteiger partial charge < -0.3 is 4.98 Å². The number of rotatable bonds is 2. The van der Waals surface area contributed by atoms with Crippen LogP contribution in [0.1, 0.15) is 13.3 Å². The molecule has 2 aromatic heterocycles. The second-order valence-electron chi connectivity index (χ2n) is 3.29. The summed E-state index contributed by atoms with van der Waals surface area (Å²) in [4.78, 5) is 29.9. The van der Waals surface area contributed by atoms with E-state index in [4.69, 9.17) is 0 Å². The molecule has 0 spiro atoms. The molecule has 2 heterocycles. The molecule has 0 aliphatic carbocycles. The van der Waals surface area contributed by atoms with Gasteiger partial charge >= 0.3 is 5.69 Å². The molecular weight excluding hydrogens is 194 g/mol. The Morgan fingerprint density at radius 3 is 3.00 bits per heavy atom. The van der Waals surface area contributed by atoms with Gasteiger partial charge in [0.2, 0.25) is 0 Å². The van der Waals surface area contributed by atoms with Gasteiger partial charge in [0, 0.05) is 12.7 Å². The molecule has 0 amide bonds. The maximum atomic E-state index is 11.8. The zero-order chi connectivity index (χ0) is 10.8. The lowest BCUT2D eigenvalue weighted by atomic mass is 10.3. The van der Waals surface area contributed by atoms with Crippen LogP contribution in [0.15, 0.2) is 27.9 Å². The minimum Gasteiger partial charge on any atom is -0.305 e. The van der Waals surface area contributed by atoms with E-state index in [0.717, 1.165) is 6.42 Å². The highest BCUT2D eigenvalue weighted by Crippen LogP contribution is 1.98. The van der Waals surface area contributed by atoms with Gasteiger partial charge in [-0.1, -0.05) is 6.92 Å². The van der Waals surface area contributed by atoms with E-state index in [0.29, 0.717) is 17.6 Å². The number of hydrogen-bond donors (Lipinski definition) is 1. The Hall–Kier alpha value is -1.91. The van der Waals surface area contributed by atoms with Gasteiger partial charge in [-0.15, -0.1) is 0 Å². The summed E-state index contributed by atoms with van der Waals surface area (Å²) in [6, 6.07) is 3.35. The zero-order valence-electron chi connectivity index (χ0n) is 8.36. The minimum absolute atomic E-state index is 0.311. The molecule has 2 aromatic rings. The summed E-state index contributed by atoms with van der Waals surface area (Å²) >= 11 is 0. The van der Waals surface area contributed by atoms with Crippen molar-refractivity contribution in [2.75, 3.05) is 0 Å². The average molecular weight is 205 g/mol. The van der Waals surface area contributed by atoms with E-state index in [1.54, 1.807) is 18.3 Å². The third kappa shape index (κ3) is 1.56. The Morgan fingerprint density at radius 2 is 2.27 bits per heavy atom. The number of nitrogens with zero attached hydrogens (tertiary/aromatic N) is 2. The first-order valence-electron chi connectivity index (χ1n) is 4.82. The molecule has 0 aliphatic rings. The van der Waals surface area contributed by atoms with Crippen molar-refractivity contribution in [2.45, 2.75) is 19.9 Å². The second kappa shape index (κ2) is 3.68. The van der Waals surface area contributed by atoms with Crippen molar-refractivity contribution in [1.82, 2.24) is 14.5 Å². The molecule has 0 unspecified atom stereocenters. The van der Waals surface area contributed by atoms with Crippen LogP contribution in [0.5, 0.6) is 0 Å². The topological polar surface area (TPSA) is 67.8 Å². The summed E-state index contributed by atoms with van der Waals surface area (Å²) in [5.41, 5.74) is 0.101. The van der Waals surface area contributed by atoms with Crippen LogP contribution in [-0.2, 0) is 6.54 Å². The van der Waals surface area contributed by atoms with E-state index < -0.39 is 0 Å². The van der Waals surface area contributed by atoms with Crippen molar-refractivity contribution < 1.29 is 0 Å². The van der Waals surface area contributed by atoms with Crippen molar-refractivity contribution in [2.24, 2.45) is 0 Å². The molecular formula is C10H11N3O2. The molecule has 0 bridgehead atoms. The third-order valence-corrected chi connectivity index (χ3v) is 2.19. The van der Waals surface area contributed by atoms with Crippen molar-refractivity contribution in [3.8, 4) is 0 Å². The average Bonchev–Trinajstić information content (AvgIpc) is 2.24. The van der Waals surface area contributed by atoms with Gasteiger partial charge in [0.1, 0.15) is 0 Å². The predicted octanol–water partition coefficient (Wildman–Crippen LogP) is 0.495. The molecule has 1 N–H and O–H groups in total. The smallest absolute Gasteiger partial charge is 0.305 e. The molecule has 0 radical (unpaired) electrons. The highest BCUT2D eigenvalue weighted by atomic mass is 16.2. The molecule has 2 rings (SSSR count). The predicted molar refractivity (Wildman–Crippen MR) is 56.9 cm³/mol. The molecule has 0 saturated carbocycles. The van der Waals surface area contributed by atoms with Crippen LogP contribution in [-0.4, -0.2) is 14.5 Å². The van der Waals surface area contributed by atoms with Crippen LogP contribution in [0.4, 0.5) is 0 Å². The SMILES string of the molecule is CCCn1c(=O)[nH]c2cccnc2c1=O. The van der Waals surface area contributed by atoms with Crippen LogP contribution in [0, 0.1) is 0 Å². The molecule has 5 heteroatoms. The first-order chi connectivity index (χ1) is 7.24. The van der Waals surface area contributed by atoms with E-state index in [2.05, 4.69) is 9.97 Å². The molecule has 5 nitrogen and oxygen atoms in total. The van der Waals surface area contributed by atoms with Crippen molar-refractivity contribution in [1.29, 1.82) is 0 Å². The molecule has 0 atom stereocenters. The molecule has 0 aliphatic heterocycles. The van der Waals surface area contributed by atoms with Crippen molar-refractivity contribution in [3.63, 3.8) is 0 Å². The van der Waals surface area contributed by atoms with E-state index in [9.17, 15) is 9.59 Å². The maximum absolute atomic E-state index is 11.8. The summed E-state index contributed by atoms with van der Waals surface area (Å²) in [6.07, 6.45) is 2.28. The van der Waals surface area contributed by atoms with Gasteiger partial charge in [-0.05, 0) is 18.6 Å². The van der Waals surface area contributed by atoms with E-state index in [-0.39, 0.29) is 11.2 Å². The first kappa shape index (κ1) is 9.64. The molecule has 0 fully saturated rings. The summed E-state index contributed by atoms with van der Waals surface area (Å²) in [5, 5.41) is 0. The number of hydrogen-bond acceptors (Lipinski definition) is 3. The monoisotopic (exact) mass is 205 g/mol. The third-order valence-electron chi connectivity index (χ3n) is 2.19. The van der Waals surface area contributed by atoms with Gasteiger partial charge in [0.25, 0.3) is 5.56 Å². The van der Waals surface area contributed by atoms with Gasteiger partial charge in [0.15, 0.2) is 5.52 Å². The van der Waals surface area contributed by atoms with E-state index >= 15 is 0 Å². The van der Waals surface area contributed by atoms with Crippen LogP contribution in [0.2, 0.25) is 0 Å². The van der Waals surface area contributed by atoms with Crippen LogP contribution >= 0.6 is 0 Å². The number of aromatic nitrogens is 3. The number of pyridine rings is 1. The minimum atomic E-state index is -0.373. The number of fused-ring (bicyclic) bond motifs is 1. The maximum Gasteiger partial charge on any atom is 0.328 e. The fourth-order valence-electron chi connectivity index (χ4n) is 1.51. The van der Waals surface area contributed by atoms with E-state index in [1.807, 2.05) is 6.92 Å². The second-order valence-corrected chi connectivity index (χ2v) is 3.29. The lowest BCUT2D eigenvalue weighted by Crippen LogP contribution is -2.35. The highest BCUT2D eigenvalue weighted by molar-refractivity contribution is 5.71. The number of nitrogens with one attached hydrogen (secondary N) is 1. The standard InChI is InChI=1S/C10H11N3O2/c1-2-6-13-9(14)8-7(12-10(13)15)4-3-5-11-8/h3-5H,2,6H2,1H3,(H,12,15). The Kier molecular flexibility index (Phi) is 2.37. The Bertz CT molecular complexity index is 597. The number of H-pyrrole nitrogens is 1. The molecule has 0 saturated heterocycles. The fraction of sp³-hybridized carbons (Fsp3) is 0.300. The largest absolute Gasteiger partial charge is 0.328 e. The normalized spacial score (nSPS) is 10.7. The van der Waals surface area contributed by atoms with Gasteiger partial charge in [-0.3, -0.25) is 9.36 Å². The highest BCUT2D eigenvalue weighted by Gasteiger charge is 2.06. The van der Waals surface area contributed by atoms with E-state index in [1.165, 1.54) is 4.57 Å². The van der Waals surface area contributed by atoms with Crippen LogP contribution in [0.3, 0.4) is 0 Å². The zero-order valence-corrected chi connectivity index (χ0v) is 8.36. The van der Waals surface area contributed by atoms with Crippen LogP contribution < -0.4 is 11.2 Å². The van der Waals surface area contributed by atoms with Gasteiger partial charge in [-0.2, -0.15) is 0 Å². The summed E-state index contributed by atoms with van der Waals surface area (Å²) in [5.74, 6) is 0.